The smallest absolute Gasteiger partial charge is 0.305 e. The molecule has 21 heavy (non-hydrogen) atoms. The topological polar surface area (TPSA) is 35.5 Å². The van der Waals surface area contributed by atoms with Gasteiger partial charge >= 0.3 is 5.97 Å². The van der Waals surface area contributed by atoms with Crippen molar-refractivity contribution in [2.75, 3.05) is 6.61 Å². The fourth-order valence-electron chi connectivity index (χ4n) is 2.98. The first-order valence-electron chi connectivity index (χ1n) is 8.17. The number of carbonyl (C=O) groups is 1. The lowest BCUT2D eigenvalue weighted by Gasteiger charge is -2.32. The van der Waals surface area contributed by atoms with Gasteiger partial charge in [-0.15, -0.1) is 0 Å². The van der Waals surface area contributed by atoms with Gasteiger partial charge in [-0.3, -0.25) is 4.79 Å². The van der Waals surface area contributed by atoms with E-state index in [0.717, 1.165) is 38.0 Å². The summed E-state index contributed by atoms with van der Waals surface area (Å²) in [5.41, 5.74) is 1.19. The third-order valence-electron chi connectivity index (χ3n) is 4.05. The van der Waals surface area contributed by atoms with Gasteiger partial charge < -0.3 is 9.47 Å². The number of carbonyl (C=O) groups excluding carboxylic acids is 1. The molecule has 0 aliphatic heterocycles. The molecular weight excluding hydrogens is 264 g/mol. The van der Waals surface area contributed by atoms with E-state index in [4.69, 9.17) is 9.47 Å². The van der Waals surface area contributed by atoms with Crippen LogP contribution < -0.4 is 4.74 Å². The average molecular weight is 290 g/mol. The second kappa shape index (κ2) is 8.06. The van der Waals surface area contributed by atoms with Gasteiger partial charge in [0, 0.05) is 17.9 Å². The van der Waals surface area contributed by atoms with Gasteiger partial charge in [0.25, 0.3) is 0 Å². The van der Waals surface area contributed by atoms with Crippen molar-refractivity contribution in [3.8, 4) is 5.75 Å². The molecule has 0 amide bonds. The Kier molecular flexibility index (Phi) is 6.09. The molecule has 2 rings (SSSR count). The average Bonchev–Trinajstić information content (AvgIpc) is 2.53. The molecule has 0 unspecified atom stereocenters. The van der Waals surface area contributed by atoms with E-state index in [1.165, 1.54) is 12.0 Å². The molecule has 0 aromatic heterocycles. The third-order valence-corrected chi connectivity index (χ3v) is 4.05. The van der Waals surface area contributed by atoms with E-state index < -0.39 is 0 Å². The van der Waals surface area contributed by atoms with Crippen molar-refractivity contribution in [3.63, 3.8) is 0 Å². The first kappa shape index (κ1) is 15.9. The van der Waals surface area contributed by atoms with Crippen LogP contribution in [0.15, 0.2) is 24.3 Å². The second-order valence-electron chi connectivity index (χ2n) is 5.66. The van der Waals surface area contributed by atoms with Crippen molar-refractivity contribution in [3.05, 3.63) is 29.8 Å². The van der Waals surface area contributed by atoms with E-state index in [1.807, 2.05) is 25.1 Å². The van der Waals surface area contributed by atoms with Crippen LogP contribution in [-0.4, -0.2) is 18.7 Å². The fraction of sp³-hybridized carbons (Fsp3) is 0.611. The van der Waals surface area contributed by atoms with Crippen LogP contribution in [0.1, 0.15) is 63.9 Å². The maximum absolute atomic E-state index is 11.7. The number of ether oxygens (including phenoxy) is 2. The molecule has 0 spiro atoms. The lowest BCUT2D eigenvalue weighted by Crippen LogP contribution is -2.28. The van der Waals surface area contributed by atoms with Crippen molar-refractivity contribution in [1.82, 2.24) is 0 Å². The summed E-state index contributed by atoms with van der Waals surface area (Å²) in [6, 6.07) is 8.19. The lowest BCUT2D eigenvalue weighted by atomic mass is 9.81. The lowest BCUT2D eigenvalue weighted by molar-refractivity contribution is -0.151. The summed E-state index contributed by atoms with van der Waals surface area (Å²) in [5.74, 6) is 1.12. The minimum atomic E-state index is -0.0983. The van der Waals surface area contributed by atoms with E-state index >= 15 is 0 Å². The normalized spacial score (nSPS) is 21.8. The molecule has 1 aromatic rings. The van der Waals surface area contributed by atoms with Gasteiger partial charge in [-0.1, -0.05) is 38.5 Å². The molecular formula is C18H26O3. The Labute approximate surface area is 127 Å². The first-order chi connectivity index (χ1) is 10.3. The van der Waals surface area contributed by atoms with E-state index in [1.54, 1.807) is 0 Å². The Morgan fingerprint density at radius 2 is 1.95 bits per heavy atom. The largest absolute Gasteiger partial charge is 0.493 e. The molecule has 3 nitrogen and oxygen atoms in total. The molecule has 0 heterocycles. The number of hydrogen-bond acceptors (Lipinski definition) is 3. The molecule has 0 bridgehead atoms. The van der Waals surface area contributed by atoms with E-state index in [-0.39, 0.29) is 18.0 Å². The predicted molar refractivity (Wildman–Crippen MR) is 83.6 cm³/mol. The maximum atomic E-state index is 11.7. The van der Waals surface area contributed by atoms with Crippen LogP contribution in [0.3, 0.4) is 0 Å². The summed E-state index contributed by atoms with van der Waals surface area (Å²) in [6.07, 6.45) is 5.78. The molecule has 0 N–H and O–H groups in total. The molecule has 0 saturated heterocycles. The molecule has 1 aliphatic rings. The monoisotopic (exact) mass is 290 g/mol. The molecule has 1 aromatic carbocycles. The highest BCUT2D eigenvalue weighted by Gasteiger charge is 2.31. The molecule has 2 atom stereocenters. The number of esters is 1. The number of hydrogen-bond donors (Lipinski definition) is 0. The van der Waals surface area contributed by atoms with Gasteiger partial charge in [-0.05, 0) is 31.7 Å². The first-order valence-corrected chi connectivity index (χ1v) is 8.17. The molecule has 0 radical (unpaired) electrons. The molecule has 1 fully saturated rings. The van der Waals surface area contributed by atoms with Crippen LogP contribution in [0.25, 0.3) is 0 Å². The summed E-state index contributed by atoms with van der Waals surface area (Å²) < 4.78 is 11.6. The summed E-state index contributed by atoms with van der Waals surface area (Å²) in [5, 5.41) is 0. The second-order valence-corrected chi connectivity index (χ2v) is 5.66. The van der Waals surface area contributed by atoms with Gasteiger partial charge in [0.15, 0.2) is 0 Å². The minimum Gasteiger partial charge on any atom is -0.493 e. The van der Waals surface area contributed by atoms with Crippen LogP contribution in [-0.2, 0) is 9.53 Å². The van der Waals surface area contributed by atoms with Crippen molar-refractivity contribution in [1.29, 1.82) is 0 Å². The van der Waals surface area contributed by atoms with Crippen molar-refractivity contribution >= 4 is 5.97 Å². The highest BCUT2D eigenvalue weighted by molar-refractivity contribution is 5.69. The Bertz CT molecular complexity index is 456. The molecule has 1 saturated carbocycles. The van der Waals surface area contributed by atoms with Crippen LogP contribution in [0, 0.1) is 0 Å². The Hall–Kier alpha value is -1.51. The van der Waals surface area contributed by atoms with E-state index in [0.29, 0.717) is 6.42 Å². The van der Waals surface area contributed by atoms with Crippen molar-refractivity contribution in [2.45, 2.75) is 64.4 Å². The van der Waals surface area contributed by atoms with E-state index in [2.05, 4.69) is 13.0 Å². The summed E-state index contributed by atoms with van der Waals surface area (Å²) in [7, 11) is 0. The van der Waals surface area contributed by atoms with Crippen LogP contribution in [0.5, 0.6) is 5.75 Å². The Balaban J connectivity index is 2.18. The fourth-order valence-corrected chi connectivity index (χ4v) is 2.98. The summed E-state index contributed by atoms with van der Waals surface area (Å²) in [4.78, 5) is 11.7. The zero-order valence-corrected chi connectivity index (χ0v) is 13.1. The Morgan fingerprint density at radius 3 is 2.71 bits per heavy atom. The van der Waals surface area contributed by atoms with Crippen molar-refractivity contribution in [2.24, 2.45) is 0 Å². The predicted octanol–water partition coefficient (Wildman–Crippen LogP) is 4.45. The zero-order valence-electron chi connectivity index (χ0n) is 13.1. The Morgan fingerprint density at radius 1 is 1.19 bits per heavy atom. The third kappa shape index (κ3) is 4.23. The van der Waals surface area contributed by atoms with Gasteiger partial charge in [-0.25, -0.2) is 0 Å². The minimum absolute atomic E-state index is 0.00224. The molecule has 116 valence electrons. The highest BCUT2D eigenvalue weighted by Crippen LogP contribution is 2.39. The van der Waals surface area contributed by atoms with Crippen LogP contribution in [0.2, 0.25) is 0 Å². The quantitative estimate of drug-likeness (QED) is 0.726. The SMILES string of the molecule is CCCOc1ccccc1[C@H]1CCCC[C@@H]1OC(=O)CC. The highest BCUT2D eigenvalue weighted by atomic mass is 16.5. The molecule has 1 aliphatic carbocycles. The van der Waals surface area contributed by atoms with E-state index in [9.17, 15) is 4.79 Å². The number of benzene rings is 1. The van der Waals surface area contributed by atoms with Gasteiger partial charge in [0.1, 0.15) is 11.9 Å². The van der Waals surface area contributed by atoms with Gasteiger partial charge in [0.2, 0.25) is 0 Å². The zero-order chi connectivity index (χ0) is 15.1. The van der Waals surface area contributed by atoms with Gasteiger partial charge in [-0.2, -0.15) is 0 Å². The summed E-state index contributed by atoms with van der Waals surface area (Å²) >= 11 is 0. The maximum Gasteiger partial charge on any atom is 0.305 e. The standard InChI is InChI=1S/C18H26O3/c1-3-13-20-16-11-7-5-9-14(16)15-10-6-8-12-17(15)21-18(19)4-2/h5,7,9,11,15,17H,3-4,6,8,10,12-13H2,1-2H3/t15-,17+/m1/s1. The van der Waals surface area contributed by atoms with Crippen LogP contribution in [0.4, 0.5) is 0 Å². The number of rotatable bonds is 6. The number of para-hydroxylation sites is 1. The van der Waals surface area contributed by atoms with Crippen molar-refractivity contribution < 1.29 is 14.3 Å². The summed E-state index contributed by atoms with van der Waals surface area (Å²) in [6.45, 7) is 4.68. The molecule has 3 heteroatoms. The van der Waals surface area contributed by atoms with Gasteiger partial charge in [0.05, 0.1) is 6.61 Å². The van der Waals surface area contributed by atoms with Crippen LogP contribution >= 0.6 is 0 Å².